The zero-order valence-corrected chi connectivity index (χ0v) is 15.6. The molecular formula is C18H23N5O4. The highest BCUT2D eigenvalue weighted by Crippen LogP contribution is 2.33. The van der Waals surface area contributed by atoms with Gasteiger partial charge in [0.05, 0.1) is 24.2 Å². The second kappa shape index (κ2) is 8.17. The van der Waals surface area contributed by atoms with Crippen LogP contribution in [0.2, 0.25) is 0 Å². The first kappa shape index (κ1) is 18.8. The van der Waals surface area contributed by atoms with Crippen molar-refractivity contribution in [1.82, 2.24) is 9.97 Å². The van der Waals surface area contributed by atoms with Gasteiger partial charge in [-0.15, -0.1) is 0 Å². The van der Waals surface area contributed by atoms with Crippen molar-refractivity contribution in [2.24, 2.45) is 0 Å². The highest BCUT2D eigenvalue weighted by molar-refractivity contribution is 5.70. The maximum atomic E-state index is 11.8. The first-order valence-electron chi connectivity index (χ1n) is 8.74. The maximum Gasteiger partial charge on any atom is 0.353 e. The summed E-state index contributed by atoms with van der Waals surface area (Å²) in [7, 11) is 1.60. The van der Waals surface area contributed by atoms with Gasteiger partial charge in [0.15, 0.2) is 0 Å². The van der Waals surface area contributed by atoms with Gasteiger partial charge in [0.2, 0.25) is 11.6 Å². The van der Waals surface area contributed by atoms with Crippen molar-refractivity contribution < 1.29 is 14.4 Å². The molecule has 1 aliphatic rings. The molecule has 3 rings (SSSR count). The van der Waals surface area contributed by atoms with Crippen LogP contribution in [0.4, 0.5) is 17.3 Å². The number of nitrogens with zero attached hydrogens (tertiary/aromatic N) is 4. The number of nitro groups is 1. The number of hydrogen-bond donors (Lipinski definition) is 1. The van der Waals surface area contributed by atoms with Crippen molar-refractivity contribution in [2.45, 2.75) is 32.6 Å². The van der Waals surface area contributed by atoms with Crippen LogP contribution >= 0.6 is 0 Å². The van der Waals surface area contributed by atoms with Crippen LogP contribution in [-0.4, -0.2) is 47.3 Å². The Morgan fingerprint density at radius 1 is 1.26 bits per heavy atom. The molecule has 0 bridgehead atoms. The summed E-state index contributed by atoms with van der Waals surface area (Å²) in [5, 5.41) is 14.8. The third-order valence-electron chi connectivity index (χ3n) is 4.32. The first-order valence-corrected chi connectivity index (χ1v) is 8.74. The SMILES string of the molecule is COc1ccc(CNc2ncnc(N3CC(C)OC(C)C3)c2[N+](=O)[O-])cc1. The summed E-state index contributed by atoms with van der Waals surface area (Å²) in [6.45, 7) is 5.37. The van der Waals surface area contributed by atoms with Crippen LogP contribution in [0.15, 0.2) is 30.6 Å². The molecule has 2 atom stereocenters. The monoisotopic (exact) mass is 373 g/mol. The number of methoxy groups -OCH3 is 1. The molecule has 1 fully saturated rings. The van der Waals surface area contributed by atoms with Crippen LogP contribution in [0, 0.1) is 10.1 Å². The number of nitrogens with one attached hydrogen (secondary N) is 1. The lowest BCUT2D eigenvalue weighted by molar-refractivity contribution is -0.383. The van der Waals surface area contributed by atoms with Crippen LogP contribution in [0.1, 0.15) is 19.4 Å². The van der Waals surface area contributed by atoms with Gasteiger partial charge in [-0.3, -0.25) is 10.1 Å². The Labute approximate surface area is 157 Å². The van der Waals surface area contributed by atoms with Gasteiger partial charge < -0.3 is 19.7 Å². The predicted octanol–water partition coefficient (Wildman–Crippen LogP) is 2.62. The molecule has 0 spiro atoms. The van der Waals surface area contributed by atoms with E-state index in [9.17, 15) is 10.1 Å². The molecule has 0 radical (unpaired) electrons. The Balaban J connectivity index is 1.83. The number of aromatic nitrogens is 2. The smallest absolute Gasteiger partial charge is 0.353 e. The van der Waals surface area contributed by atoms with Crippen molar-refractivity contribution in [1.29, 1.82) is 0 Å². The second-order valence-electron chi connectivity index (χ2n) is 6.52. The molecule has 9 nitrogen and oxygen atoms in total. The lowest BCUT2D eigenvalue weighted by atomic mass is 10.2. The summed E-state index contributed by atoms with van der Waals surface area (Å²) in [5.74, 6) is 1.27. The fourth-order valence-corrected chi connectivity index (χ4v) is 3.18. The Bertz CT molecular complexity index is 789. The summed E-state index contributed by atoms with van der Waals surface area (Å²) >= 11 is 0. The molecule has 2 unspecified atom stereocenters. The third kappa shape index (κ3) is 4.43. The summed E-state index contributed by atoms with van der Waals surface area (Å²) in [5.41, 5.74) is 0.839. The van der Waals surface area contributed by atoms with Gasteiger partial charge in [-0.25, -0.2) is 9.97 Å². The minimum atomic E-state index is -0.434. The van der Waals surface area contributed by atoms with Crippen LogP contribution in [-0.2, 0) is 11.3 Å². The lowest BCUT2D eigenvalue weighted by Crippen LogP contribution is -2.46. The van der Waals surface area contributed by atoms with Crippen LogP contribution < -0.4 is 15.0 Å². The van der Waals surface area contributed by atoms with E-state index in [1.807, 2.05) is 43.0 Å². The molecule has 9 heteroatoms. The zero-order chi connectivity index (χ0) is 19.4. The van der Waals surface area contributed by atoms with Crippen LogP contribution in [0.5, 0.6) is 5.75 Å². The zero-order valence-electron chi connectivity index (χ0n) is 15.6. The van der Waals surface area contributed by atoms with E-state index in [1.165, 1.54) is 6.33 Å². The standard InChI is InChI=1S/C18H23N5O4/c1-12-9-22(10-13(2)27-12)18-16(23(24)25)17(20-11-21-18)19-8-14-4-6-15(26-3)7-5-14/h4-7,11-13H,8-10H2,1-3H3,(H,19,20,21). The summed E-state index contributed by atoms with van der Waals surface area (Å²) in [6.07, 6.45) is 1.29. The normalized spacial score (nSPS) is 19.6. The van der Waals surface area contributed by atoms with Crippen molar-refractivity contribution in [3.05, 3.63) is 46.3 Å². The number of ether oxygens (including phenoxy) is 2. The van der Waals surface area contributed by atoms with E-state index in [2.05, 4.69) is 15.3 Å². The van der Waals surface area contributed by atoms with Gasteiger partial charge in [-0.1, -0.05) is 12.1 Å². The molecule has 0 aliphatic carbocycles. The number of hydrogen-bond acceptors (Lipinski definition) is 8. The summed E-state index contributed by atoms with van der Waals surface area (Å²) in [6, 6.07) is 7.47. The average Bonchev–Trinajstić information content (AvgIpc) is 2.65. The molecule has 144 valence electrons. The van der Waals surface area contributed by atoms with E-state index in [0.717, 1.165) is 11.3 Å². The van der Waals surface area contributed by atoms with Gasteiger partial charge in [0, 0.05) is 19.6 Å². The second-order valence-corrected chi connectivity index (χ2v) is 6.52. The Hall–Kier alpha value is -2.94. The van der Waals surface area contributed by atoms with E-state index >= 15 is 0 Å². The lowest BCUT2D eigenvalue weighted by Gasteiger charge is -2.35. The van der Waals surface area contributed by atoms with E-state index in [0.29, 0.717) is 25.5 Å². The minimum absolute atomic E-state index is 0.0287. The fourth-order valence-electron chi connectivity index (χ4n) is 3.18. The highest BCUT2D eigenvalue weighted by atomic mass is 16.6. The van der Waals surface area contributed by atoms with Gasteiger partial charge in [0.25, 0.3) is 0 Å². The average molecular weight is 373 g/mol. The van der Waals surface area contributed by atoms with Gasteiger partial charge >= 0.3 is 5.69 Å². The van der Waals surface area contributed by atoms with Crippen LogP contribution in [0.3, 0.4) is 0 Å². The minimum Gasteiger partial charge on any atom is -0.497 e. The number of anilines is 2. The van der Waals surface area contributed by atoms with E-state index in [1.54, 1.807) is 7.11 Å². The molecule has 0 amide bonds. The van der Waals surface area contributed by atoms with Crippen LogP contribution in [0.25, 0.3) is 0 Å². The molecule has 0 saturated carbocycles. The first-order chi connectivity index (χ1) is 13.0. The largest absolute Gasteiger partial charge is 0.497 e. The fraction of sp³-hybridized carbons (Fsp3) is 0.444. The number of morpholine rings is 1. The molecule has 1 N–H and O–H groups in total. The van der Waals surface area contributed by atoms with Crippen molar-refractivity contribution in [3.8, 4) is 5.75 Å². The quantitative estimate of drug-likeness (QED) is 0.609. The molecule has 1 saturated heterocycles. The molecule has 2 aromatic rings. The van der Waals surface area contributed by atoms with E-state index in [4.69, 9.17) is 9.47 Å². The third-order valence-corrected chi connectivity index (χ3v) is 4.32. The van der Waals surface area contributed by atoms with Gasteiger partial charge in [0.1, 0.15) is 12.1 Å². The molecule has 1 aliphatic heterocycles. The Kier molecular flexibility index (Phi) is 5.70. The Morgan fingerprint density at radius 3 is 2.52 bits per heavy atom. The highest BCUT2D eigenvalue weighted by Gasteiger charge is 2.31. The molecule has 1 aromatic heterocycles. The molecule has 2 heterocycles. The van der Waals surface area contributed by atoms with Crippen molar-refractivity contribution >= 4 is 17.3 Å². The van der Waals surface area contributed by atoms with Crippen molar-refractivity contribution in [3.63, 3.8) is 0 Å². The number of benzene rings is 1. The number of rotatable bonds is 6. The molecular weight excluding hydrogens is 350 g/mol. The molecule has 1 aromatic carbocycles. The van der Waals surface area contributed by atoms with Gasteiger partial charge in [-0.05, 0) is 31.5 Å². The maximum absolute atomic E-state index is 11.8. The van der Waals surface area contributed by atoms with Crippen molar-refractivity contribution in [2.75, 3.05) is 30.4 Å². The Morgan fingerprint density at radius 2 is 1.93 bits per heavy atom. The van der Waals surface area contributed by atoms with E-state index < -0.39 is 4.92 Å². The topological polar surface area (TPSA) is 103 Å². The summed E-state index contributed by atoms with van der Waals surface area (Å²) in [4.78, 5) is 21.5. The van der Waals surface area contributed by atoms with Gasteiger partial charge in [-0.2, -0.15) is 0 Å². The van der Waals surface area contributed by atoms with E-state index in [-0.39, 0.29) is 23.7 Å². The molecule has 27 heavy (non-hydrogen) atoms. The summed E-state index contributed by atoms with van der Waals surface area (Å²) < 4.78 is 10.8. The predicted molar refractivity (Wildman–Crippen MR) is 101 cm³/mol.